The molecule has 2 aromatic heterocycles. The van der Waals surface area contributed by atoms with E-state index < -0.39 is 35.3 Å². The number of nitrogens with zero attached hydrogens (tertiary/aromatic N) is 4. The van der Waals surface area contributed by atoms with Gasteiger partial charge < -0.3 is 15.4 Å². The maximum atomic E-state index is 13.7. The monoisotopic (exact) mass is 632 g/mol. The lowest BCUT2D eigenvalue weighted by Gasteiger charge is -2.13. The summed E-state index contributed by atoms with van der Waals surface area (Å²) in [6.07, 6.45) is 1.17. The largest absolute Gasteiger partial charge is 0.465 e. The number of halogens is 3. The van der Waals surface area contributed by atoms with E-state index in [1.54, 1.807) is 54.6 Å². The SMILES string of the molecule is COC(=O)c1ccc(CNC(=O)c2cc(C(=O)NCc3ccc(F)c(F)c3)nc3c(C(=O)N(Cl)c4ccccc4)cnn23)cc1. The fraction of sp³-hybridized carbons (Fsp3) is 0.0968. The molecule has 2 N–H and O–H groups in total. The third-order valence-electron chi connectivity index (χ3n) is 6.59. The molecule has 0 aliphatic heterocycles. The van der Waals surface area contributed by atoms with E-state index in [2.05, 4.69) is 20.7 Å². The van der Waals surface area contributed by atoms with E-state index in [9.17, 15) is 28.0 Å². The van der Waals surface area contributed by atoms with E-state index in [0.29, 0.717) is 16.8 Å². The molecule has 5 rings (SSSR count). The van der Waals surface area contributed by atoms with E-state index in [1.165, 1.54) is 25.4 Å². The van der Waals surface area contributed by atoms with Crippen LogP contribution >= 0.6 is 11.8 Å². The summed E-state index contributed by atoms with van der Waals surface area (Å²) in [5.41, 5.74) is 1.01. The third-order valence-corrected chi connectivity index (χ3v) is 6.94. The first kappa shape index (κ1) is 30.8. The van der Waals surface area contributed by atoms with Crippen molar-refractivity contribution in [1.29, 1.82) is 0 Å². The summed E-state index contributed by atoms with van der Waals surface area (Å²) in [4.78, 5) is 55.9. The number of amides is 3. The number of aromatic nitrogens is 3. The Hall–Kier alpha value is -5.69. The quantitative estimate of drug-likeness (QED) is 0.181. The highest BCUT2D eigenvalue weighted by Gasteiger charge is 2.25. The topological polar surface area (TPSA) is 135 Å². The number of carbonyl (C=O) groups is 4. The molecular weight excluding hydrogens is 610 g/mol. The fourth-order valence-corrected chi connectivity index (χ4v) is 4.45. The van der Waals surface area contributed by atoms with Gasteiger partial charge in [0.25, 0.3) is 17.7 Å². The van der Waals surface area contributed by atoms with Crippen molar-refractivity contribution in [2.45, 2.75) is 13.1 Å². The van der Waals surface area contributed by atoms with Crippen molar-refractivity contribution in [3.8, 4) is 0 Å². The number of ether oxygens (including phenoxy) is 1. The van der Waals surface area contributed by atoms with Crippen LogP contribution in [-0.4, -0.2) is 45.4 Å². The van der Waals surface area contributed by atoms with Crippen molar-refractivity contribution in [2.75, 3.05) is 11.5 Å². The van der Waals surface area contributed by atoms with E-state index in [4.69, 9.17) is 16.5 Å². The second-order valence-electron chi connectivity index (χ2n) is 9.54. The Morgan fingerprint density at radius 3 is 2.22 bits per heavy atom. The molecule has 0 saturated carbocycles. The number of methoxy groups -OCH3 is 1. The molecule has 0 spiro atoms. The van der Waals surface area contributed by atoms with Gasteiger partial charge in [-0.3, -0.25) is 14.4 Å². The average molecular weight is 633 g/mol. The number of nitrogens with one attached hydrogen (secondary N) is 2. The Morgan fingerprint density at radius 2 is 1.53 bits per heavy atom. The van der Waals surface area contributed by atoms with Crippen molar-refractivity contribution in [3.05, 3.63) is 130 Å². The molecule has 0 fully saturated rings. The zero-order valence-corrected chi connectivity index (χ0v) is 24.2. The number of fused-ring (bicyclic) bond motifs is 1. The standard InChI is InChI=1S/C31H23ClF2N6O5/c1-45-31(44)20-10-7-18(8-11-20)15-36-29(42)26-14-25(28(41)35-16-19-9-12-23(33)24(34)13-19)38-27-22(17-37-40(26)27)30(43)39(32)21-5-3-2-4-6-21/h2-14,17H,15-16H2,1H3,(H,35,41)(H,36,42). The Balaban J connectivity index is 1.45. The predicted molar refractivity (Wildman–Crippen MR) is 159 cm³/mol. The summed E-state index contributed by atoms with van der Waals surface area (Å²) < 4.78 is 33.6. The molecule has 0 atom stereocenters. The number of hydrogen-bond acceptors (Lipinski definition) is 7. The Labute approximate surface area is 259 Å². The summed E-state index contributed by atoms with van der Waals surface area (Å²) in [5, 5.41) is 9.44. The van der Waals surface area contributed by atoms with Crippen LogP contribution in [0, 0.1) is 11.6 Å². The van der Waals surface area contributed by atoms with Gasteiger partial charge in [-0.05, 0) is 47.5 Å². The van der Waals surface area contributed by atoms with Crippen molar-refractivity contribution in [2.24, 2.45) is 0 Å². The minimum Gasteiger partial charge on any atom is -0.465 e. The maximum absolute atomic E-state index is 13.7. The Bertz CT molecular complexity index is 1920. The van der Waals surface area contributed by atoms with Crippen LogP contribution in [-0.2, 0) is 17.8 Å². The third kappa shape index (κ3) is 6.78. The summed E-state index contributed by atoms with van der Waals surface area (Å²) in [7, 11) is 1.27. The van der Waals surface area contributed by atoms with E-state index >= 15 is 0 Å². The van der Waals surface area contributed by atoms with Gasteiger partial charge in [0.15, 0.2) is 17.3 Å². The maximum Gasteiger partial charge on any atom is 0.337 e. The highest BCUT2D eigenvalue weighted by molar-refractivity contribution is 6.39. The lowest BCUT2D eigenvalue weighted by Crippen LogP contribution is -2.29. The molecule has 5 aromatic rings. The van der Waals surface area contributed by atoms with Gasteiger partial charge in [-0.25, -0.2) is 27.5 Å². The molecule has 0 aliphatic carbocycles. The second kappa shape index (κ2) is 13.3. The van der Waals surface area contributed by atoms with Gasteiger partial charge >= 0.3 is 5.97 Å². The van der Waals surface area contributed by atoms with Gasteiger partial charge in [0.05, 0.1) is 24.6 Å². The van der Waals surface area contributed by atoms with Crippen LogP contribution < -0.4 is 15.1 Å². The van der Waals surface area contributed by atoms with Crippen LogP contribution in [0.4, 0.5) is 14.5 Å². The molecule has 3 aromatic carbocycles. The predicted octanol–water partition coefficient (Wildman–Crippen LogP) is 4.45. The van der Waals surface area contributed by atoms with Crippen molar-refractivity contribution < 1.29 is 32.7 Å². The van der Waals surface area contributed by atoms with E-state index in [0.717, 1.165) is 21.1 Å². The average Bonchev–Trinajstić information content (AvgIpc) is 3.50. The minimum absolute atomic E-state index is 0.0400. The lowest BCUT2D eigenvalue weighted by molar-refractivity contribution is 0.0600. The van der Waals surface area contributed by atoms with Crippen molar-refractivity contribution in [1.82, 2.24) is 25.2 Å². The number of esters is 1. The highest BCUT2D eigenvalue weighted by atomic mass is 35.5. The number of carbonyl (C=O) groups excluding carboxylic acids is 4. The molecule has 0 radical (unpaired) electrons. The first-order chi connectivity index (χ1) is 21.7. The van der Waals surface area contributed by atoms with Crippen LogP contribution in [0.25, 0.3) is 5.65 Å². The second-order valence-corrected chi connectivity index (χ2v) is 9.88. The minimum atomic E-state index is -1.08. The normalized spacial score (nSPS) is 10.8. The Kier molecular flexibility index (Phi) is 9.09. The molecule has 228 valence electrons. The number of benzene rings is 3. The van der Waals surface area contributed by atoms with Gasteiger partial charge in [0, 0.05) is 30.9 Å². The summed E-state index contributed by atoms with van der Waals surface area (Å²) >= 11 is 6.33. The molecule has 3 amide bonds. The zero-order valence-electron chi connectivity index (χ0n) is 23.5. The number of anilines is 1. The van der Waals surface area contributed by atoms with Crippen molar-refractivity contribution >= 4 is 46.8 Å². The van der Waals surface area contributed by atoms with Gasteiger partial charge in [-0.1, -0.05) is 36.4 Å². The van der Waals surface area contributed by atoms with Gasteiger partial charge in [0.1, 0.15) is 17.0 Å². The molecule has 0 unspecified atom stereocenters. The van der Waals surface area contributed by atoms with E-state index in [1.807, 2.05) is 0 Å². The molecule has 0 saturated heterocycles. The molecule has 14 heteroatoms. The van der Waals surface area contributed by atoms with Crippen LogP contribution in [0.1, 0.15) is 52.8 Å². The van der Waals surface area contributed by atoms with Crippen LogP contribution in [0.5, 0.6) is 0 Å². The highest BCUT2D eigenvalue weighted by Crippen LogP contribution is 2.22. The Morgan fingerprint density at radius 1 is 0.867 bits per heavy atom. The lowest BCUT2D eigenvalue weighted by atomic mass is 10.1. The first-order valence-electron chi connectivity index (χ1n) is 13.3. The molecule has 0 bridgehead atoms. The van der Waals surface area contributed by atoms with E-state index in [-0.39, 0.29) is 41.3 Å². The number of rotatable bonds is 9. The summed E-state index contributed by atoms with van der Waals surface area (Å²) in [6, 6.07) is 19.1. The molecule has 2 heterocycles. The molecule has 11 nitrogen and oxygen atoms in total. The van der Waals surface area contributed by atoms with Crippen LogP contribution in [0.2, 0.25) is 0 Å². The molecular formula is C31H23ClF2N6O5. The summed E-state index contributed by atoms with van der Waals surface area (Å²) in [5.74, 6) is -4.77. The molecule has 0 aliphatic rings. The molecule has 45 heavy (non-hydrogen) atoms. The zero-order chi connectivity index (χ0) is 32.1. The number of hydrogen-bond donors (Lipinski definition) is 2. The van der Waals surface area contributed by atoms with Gasteiger partial charge in [-0.2, -0.15) is 5.10 Å². The van der Waals surface area contributed by atoms with Crippen molar-refractivity contribution in [3.63, 3.8) is 0 Å². The number of para-hydroxylation sites is 1. The van der Waals surface area contributed by atoms with Crippen LogP contribution in [0.3, 0.4) is 0 Å². The first-order valence-corrected chi connectivity index (χ1v) is 13.6. The van der Waals surface area contributed by atoms with Gasteiger partial charge in [0.2, 0.25) is 0 Å². The smallest absolute Gasteiger partial charge is 0.337 e. The summed E-state index contributed by atoms with van der Waals surface area (Å²) in [6.45, 7) is -0.140. The van der Waals surface area contributed by atoms with Crippen LogP contribution in [0.15, 0.2) is 85.1 Å². The fourth-order valence-electron chi connectivity index (χ4n) is 4.25. The van der Waals surface area contributed by atoms with Gasteiger partial charge in [-0.15, -0.1) is 0 Å².